The van der Waals surface area contributed by atoms with Crippen molar-refractivity contribution < 1.29 is 81.8 Å². The Kier molecular flexibility index (Phi) is 26.2. The number of carboxylic acids is 1. The number of hydrogen-bond donors (Lipinski definition) is 3. The topological polar surface area (TPSA) is 275 Å². The largest absolute Gasteiger partial charge is 0.481 e. The van der Waals surface area contributed by atoms with Crippen LogP contribution in [0.2, 0.25) is 0 Å². The third-order valence-electron chi connectivity index (χ3n) is 27.4. The number of carboxylic acid groups (broad SMARTS) is 1. The van der Waals surface area contributed by atoms with E-state index < -0.39 is 16.8 Å². The molecule has 1 amide bonds. The maximum Gasteiger partial charge on any atom is 0.309 e. The van der Waals surface area contributed by atoms with Crippen molar-refractivity contribution in [2.45, 2.75) is 321 Å². The lowest BCUT2D eigenvalue weighted by atomic mass is 9.59. The number of carbonyl (C=O) groups excluding carboxylic acids is 8. The Hall–Kier alpha value is -4.87. The van der Waals surface area contributed by atoms with Gasteiger partial charge in [-0.1, -0.05) is 108 Å². The maximum absolute atomic E-state index is 11.7. The summed E-state index contributed by atoms with van der Waals surface area (Å²) in [5, 5.41) is 18.3. The van der Waals surface area contributed by atoms with Gasteiger partial charge in [0.05, 0.1) is 11.8 Å². The summed E-state index contributed by atoms with van der Waals surface area (Å²) in [4.78, 5) is 103. The van der Waals surface area contributed by atoms with Crippen LogP contribution >= 0.6 is 0 Å². The molecular formula is C79H127NO17. The van der Waals surface area contributed by atoms with Crippen LogP contribution in [0.3, 0.4) is 0 Å². The molecule has 18 heteroatoms. The van der Waals surface area contributed by atoms with Crippen molar-refractivity contribution in [3.63, 3.8) is 0 Å². The summed E-state index contributed by atoms with van der Waals surface area (Å²) >= 11 is 0. The quantitative estimate of drug-likeness (QED) is 0.121. The number of aliphatic carboxylic acids is 1. The summed E-state index contributed by atoms with van der Waals surface area (Å²) in [7, 11) is 0. The van der Waals surface area contributed by atoms with Gasteiger partial charge in [0.15, 0.2) is 0 Å². The van der Waals surface area contributed by atoms with Crippen LogP contribution in [0.25, 0.3) is 0 Å². The smallest absolute Gasteiger partial charge is 0.309 e. The van der Waals surface area contributed by atoms with Crippen molar-refractivity contribution in [1.29, 1.82) is 0 Å². The number of esters is 6. The fourth-order valence-corrected chi connectivity index (χ4v) is 19.4. The van der Waals surface area contributed by atoms with E-state index in [0.29, 0.717) is 135 Å². The van der Waals surface area contributed by atoms with Gasteiger partial charge in [0.25, 0.3) is 0 Å². The normalized spacial score (nSPS) is 43.2. The van der Waals surface area contributed by atoms with Gasteiger partial charge in [0.2, 0.25) is 5.91 Å². The second-order valence-electron chi connectivity index (χ2n) is 35.5. The second-order valence-corrected chi connectivity index (χ2v) is 35.5. The number of nitrogens with two attached hydrogens (primary N) is 1. The number of aliphatic hydroxyl groups excluding tert-OH is 1. The predicted molar refractivity (Wildman–Crippen MR) is 368 cm³/mol. The van der Waals surface area contributed by atoms with Crippen LogP contribution in [0.1, 0.15) is 285 Å². The van der Waals surface area contributed by atoms with Crippen molar-refractivity contribution >= 4 is 53.5 Å². The third-order valence-corrected chi connectivity index (χ3v) is 27.4. The molecule has 0 bridgehead atoms. The van der Waals surface area contributed by atoms with Gasteiger partial charge < -0.3 is 44.4 Å². The SMILES string of the molecule is C/C=C(\C)C1(C)CCC2C(C1)OC(=O)CC2(C)C.CC(=O)C1(C)CCC2C(C)CC(=O)OC2C1.CC1CC(=O)OC2CC(C)(C(=O)O)CCC12.CC1CC(=O)OC2CC(C)(C(N)=O)CCC12.CC1CC(=O)OC2CC(C)(CCO)CCC12.CCC1(C)CCC2C(C)CC(=O)OC2C1. The Bertz CT molecular complexity index is 2720. The Balaban J connectivity index is 0.000000164. The molecule has 0 aromatic carbocycles. The first kappa shape index (κ1) is 79.5. The van der Waals surface area contributed by atoms with Crippen LogP contribution < -0.4 is 5.73 Å². The summed E-state index contributed by atoms with van der Waals surface area (Å²) in [5.41, 5.74) is 6.22. The maximum atomic E-state index is 11.7. The number of primary amides is 1. The number of Topliss-reactive ketones (excluding diaryl/α,β-unsaturated/α-hetero) is 1. The van der Waals surface area contributed by atoms with Crippen molar-refractivity contribution in [1.82, 2.24) is 0 Å². The first-order valence-corrected chi connectivity index (χ1v) is 37.6. The monoisotopic (exact) mass is 1360 g/mol. The number of carbonyl (C=O) groups is 9. The molecule has 550 valence electrons. The highest BCUT2D eigenvalue weighted by atomic mass is 16.6. The molecule has 6 saturated heterocycles. The van der Waals surface area contributed by atoms with Crippen LogP contribution in [-0.2, 0) is 71.6 Å². The molecule has 18 nitrogen and oxygen atoms in total. The average molecular weight is 1360 g/mol. The van der Waals surface area contributed by atoms with Crippen molar-refractivity contribution in [3.05, 3.63) is 11.6 Å². The summed E-state index contributed by atoms with van der Waals surface area (Å²) in [6.07, 6.45) is 24.8. The molecule has 0 aromatic heterocycles. The molecule has 6 saturated carbocycles. The molecule has 97 heavy (non-hydrogen) atoms. The van der Waals surface area contributed by atoms with E-state index in [4.69, 9.17) is 39.3 Å². The molecule has 0 radical (unpaired) electrons. The first-order chi connectivity index (χ1) is 45.1. The number of allylic oxidation sites excluding steroid dienone is 2. The molecule has 23 atom stereocenters. The minimum absolute atomic E-state index is 0.0105. The Morgan fingerprint density at radius 3 is 1.14 bits per heavy atom. The van der Waals surface area contributed by atoms with Crippen molar-refractivity contribution in [2.24, 2.45) is 109 Å². The van der Waals surface area contributed by atoms with Crippen LogP contribution in [-0.4, -0.2) is 107 Å². The predicted octanol–water partition coefficient (Wildman–Crippen LogP) is 14.8. The second kappa shape index (κ2) is 32.0. The molecule has 12 aliphatic rings. The Morgan fingerprint density at radius 1 is 0.454 bits per heavy atom. The number of amides is 1. The van der Waals surface area contributed by atoms with E-state index in [9.17, 15) is 48.3 Å². The van der Waals surface area contributed by atoms with E-state index in [2.05, 4.69) is 96.1 Å². The van der Waals surface area contributed by atoms with Gasteiger partial charge in [-0.05, 0) is 224 Å². The zero-order chi connectivity index (χ0) is 72.1. The van der Waals surface area contributed by atoms with Gasteiger partial charge >= 0.3 is 41.8 Å². The lowest BCUT2D eigenvalue weighted by molar-refractivity contribution is -0.177. The number of ketones is 1. The van der Waals surface area contributed by atoms with Gasteiger partial charge in [-0.15, -0.1) is 0 Å². The Morgan fingerprint density at radius 2 is 0.773 bits per heavy atom. The number of fused-ring (bicyclic) bond motifs is 6. The lowest BCUT2D eigenvalue weighted by Gasteiger charge is -2.50. The summed E-state index contributed by atoms with van der Waals surface area (Å²) in [6.45, 7) is 36.0. The summed E-state index contributed by atoms with van der Waals surface area (Å²) in [6, 6.07) is 0. The minimum Gasteiger partial charge on any atom is -0.481 e. The fourth-order valence-electron chi connectivity index (χ4n) is 19.4. The standard InChI is InChI=1S/C16H26O2.C13H20O3.C13H22O3.C13H22O2.C12H19NO3.C12H18O4/c1-6-11(2)16(5)8-7-12-13(9-16)18-14(17)10-15(12,3)4;1-8-6-12(15)16-11-7-13(3,9(2)14)5-4-10(8)11;1-9-7-12(15)16-11-8-13(2,5-6-14)4-3-10(9)11;1-4-13(3)6-5-10-9(2)7-12(14)15-11(10)8-13;1-7-5-10(14)16-9-6-12(2,11(13)15)4-3-8(7)9;1-7-5-10(13)16-9-6-12(2,11(14)15)4-3-8(7)9/h6,12-13H,7-10H2,1-5H3;8,10-11H,4-7H2,1-3H3;9-11,14H,3-8H2,1-2H3;9-11H,4-8H2,1-3H3;7-9H,3-6H2,1-2H3,(H2,13,15);7-9H,3-6H2,1-2H3,(H,14,15)/b11-6+;;;;;. The molecule has 6 heterocycles. The van der Waals surface area contributed by atoms with E-state index in [0.717, 1.165) is 70.6 Å². The van der Waals surface area contributed by atoms with Crippen LogP contribution in [0.5, 0.6) is 0 Å². The highest BCUT2D eigenvalue weighted by Crippen LogP contribution is 2.55. The van der Waals surface area contributed by atoms with Crippen molar-refractivity contribution in [3.8, 4) is 0 Å². The van der Waals surface area contributed by atoms with Gasteiger partial charge in [0.1, 0.15) is 42.4 Å². The van der Waals surface area contributed by atoms with Gasteiger partial charge in [-0.25, -0.2) is 0 Å². The van der Waals surface area contributed by atoms with Crippen LogP contribution in [0, 0.1) is 103 Å². The summed E-state index contributed by atoms with van der Waals surface area (Å²) < 4.78 is 32.7. The number of ether oxygens (including phenoxy) is 6. The third kappa shape index (κ3) is 19.4. The minimum atomic E-state index is -0.778. The lowest BCUT2D eigenvalue weighted by Crippen LogP contribution is -2.49. The average Bonchev–Trinajstić information content (AvgIpc) is 0.788. The number of hydrogen-bond acceptors (Lipinski definition) is 16. The van der Waals surface area contributed by atoms with E-state index in [-0.39, 0.29) is 112 Å². The molecule has 6 aliphatic heterocycles. The van der Waals surface area contributed by atoms with Crippen LogP contribution in [0.15, 0.2) is 11.6 Å². The molecule has 4 N–H and O–H groups in total. The van der Waals surface area contributed by atoms with E-state index >= 15 is 0 Å². The molecule has 12 rings (SSSR count). The highest BCUT2D eigenvalue weighted by molar-refractivity contribution is 5.82. The van der Waals surface area contributed by atoms with E-state index in [1.165, 1.54) is 37.7 Å². The van der Waals surface area contributed by atoms with E-state index in [1.54, 1.807) is 13.8 Å². The van der Waals surface area contributed by atoms with Crippen LogP contribution in [0.4, 0.5) is 0 Å². The van der Waals surface area contributed by atoms with Gasteiger partial charge in [0, 0.05) is 61.9 Å². The fraction of sp³-hybridized carbons (Fsp3) is 0.861. The van der Waals surface area contributed by atoms with E-state index in [1.807, 2.05) is 13.8 Å². The molecule has 23 unspecified atom stereocenters. The van der Waals surface area contributed by atoms with Gasteiger partial charge in [-0.2, -0.15) is 0 Å². The molecule has 12 fully saturated rings. The van der Waals surface area contributed by atoms with Gasteiger partial charge in [-0.3, -0.25) is 43.2 Å². The number of aliphatic hydroxyl groups is 1. The molecule has 6 aliphatic carbocycles. The first-order valence-electron chi connectivity index (χ1n) is 37.6. The molecular weight excluding hydrogens is 1230 g/mol. The zero-order valence-electron chi connectivity index (χ0n) is 62.6. The highest BCUT2D eigenvalue weighted by Gasteiger charge is 2.53. The Labute approximate surface area is 581 Å². The molecule has 0 spiro atoms. The summed E-state index contributed by atoms with van der Waals surface area (Å²) in [5.74, 6) is 3.74. The zero-order valence-corrected chi connectivity index (χ0v) is 62.6. The molecule has 0 aromatic rings. The van der Waals surface area contributed by atoms with Crippen molar-refractivity contribution in [2.75, 3.05) is 6.61 Å². The number of rotatable bonds is 7.